The molecule has 29 heavy (non-hydrogen) atoms. The maximum atomic E-state index is 14.5. The third-order valence-electron chi connectivity index (χ3n) is 4.61. The van der Waals surface area contributed by atoms with Crippen LogP contribution in [0, 0.1) is 5.82 Å². The topological polar surface area (TPSA) is 44.2 Å². The molecule has 0 saturated heterocycles. The van der Waals surface area contributed by atoms with Crippen molar-refractivity contribution < 1.29 is 13.9 Å². The normalized spacial score (nSPS) is 12.6. The number of methoxy groups -OCH3 is 1. The summed E-state index contributed by atoms with van der Waals surface area (Å²) in [5, 5.41) is 2.32. The molecule has 4 rings (SSSR count). The van der Waals surface area contributed by atoms with Gasteiger partial charge in [-0.15, -0.1) is 11.3 Å². The average molecular weight is 431 g/mol. The average Bonchev–Trinajstić information content (AvgIpc) is 3.09. The lowest BCUT2D eigenvalue weighted by atomic mass is 10.1. The van der Waals surface area contributed by atoms with Crippen molar-refractivity contribution in [3.05, 3.63) is 52.9 Å². The van der Waals surface area contributed by atoms with E-state index in [1.807, 2.05) is 25.3 Å². The maximum absolute atomic E-state index is 14.5. The lowest BCUT2D eigenvalue weighted by molar-refractivity contribution is 0.0894. The van der Waals surface area contributed by atoms with Crippen LogP contribution in [0.5, 0.6) is 5.75 Å². The van der Waals surface area contributed by atoms with Crippen molar-refractivity contribution in [2.45, 2.75) is 26.4 Å². The summed E-state index contributed by atoms with van der Waals surface area (Å²) >= 11 is 7.82. The van der Waals surface area contributed by atoms with E-state index in [4.69, 9.17) is 21.1 Å². The van der Waals surface area contributed by atoms with Gasteiger partial charge in [0, 0.05) is 41.4 Å². The summed E-state index contributed by atoms with van der Waals surface area (Å²) in [7, 11) is 1.59. The Kier molecular flexibility index (Phi) is 5.67. The minimum absolute atomic E-state index is 0.193. The van der Waals surface area contributed by atoms with Crippen molar-refractivity contribution in [3.8, 4) is 16.3 Å². The third-order valence-corrected chi connectivity index (χ3v) is 5.88. The van der Waals surface area contributed by atoms with E-state index < -0.39 is 5.82 Å². The molecule has 1 unspecified atom stereocenters. The number of rotatable bonds is 6. The second-order valence-electron chi connectivity index (χ2n) is 6.88. The molecule has 0 saturated carbocycles. The standard InChI is InChI=1S/C22H20ClFN2O2S/c1-4-13-5-14-6-15(23)7-16(21(14)25-10-13)22-26-18-8-17(24)19(9-20(18)29-22)28-12(2)11-27-3/h5-10,12H,4,11H2,1-3H3. The molecule has 4 aromatic rings. The Labute approximate surface area is 177 Å². The molecule has 4 nitrogen and oxygen atoms in total. The van der Waals surface area contributed by atoms with Crippen LogP contribution in [0.25, 0.3) is 31.7 Å². The number of thiazole rings is 1. The van der Waals surface area contributed by atoms with Crippen LogP contribution in [0.3, 0.4) is 0 Å². The van der Waals surface area contributed by atoms with Gasteiger partial charge in [-0.2, -0.15) is 0 Å². The predicted octanol–water partition coefficient (Wildman–Crippen LogP) is 6.28. The van der Waals surface area contributed by atoms with Crippen molar-refractivity contribution in [2.75, 3.05) is 13.7 Å². The monoisotopic (exact) mass is 430 g/mol. The summed E-state index contributed by atoms with van der Waals surface area (Å²) in [6.45, 7) is 4.30. The number of pyridine rings is 1. The molecule has 2 aromatic heterocycles. The molecular formula is C22H20ClFN2O2S. The Morgan fingerprint density at radius 3 is 2.79 bits per heavy atom. The Morgan fingerprint density at radius 1 is 1.21 bits per heavy atom. The van der Waals surface area contributed by atoms with E-state index in [0.717, 1.165) is 38.2 Å². The molecule has 0 N–H and O–H groups in total. The number of hydrogen-bond donors (Lipinski definition) is 0. The highest BCUT2D eigenvalue weighted by Gasteiger charge is 2.16. The number of fused-ring (bicyclic) bond motifs is 2. The lowest BCUT2D eigenvalue weighted by Crippen LogP contribution is -2.18. The summed E-state index contributed by atoms with van der Waals surface area (Å²) in [6, 6.07) is 8.94. The third kappa shape index (κ3) is 4.06. The number of halogens is 2. The van der Waals surface area contributed by atoms with Crippen molar-refractivity contribution in [3.63, 3.8) is 0 Å². The second kappa shape index (κ2) is 8.22. The summed E-state index contributed by atoms with van der Waals surface area (Å²) in [4.78, 5) is 9.26. The van der Waals surface area contributed by atoms with Crippen LogP contribution in [-0.2, 0) is 11.2 Å². The first kappa shape index (κ1) is 20.0. The predicted molar refractivity (Wildman–Crippen MR) is 117 cm³/mol. The minimum Gasteiger partial charge on any atom is -0.485 e. The highest BCUT2D eigenvalue weighted by molar-refractivity contribution is 7.21. The molecule has 0 bridgehead atoms. The largest absolute Gasteiger partial charge is 0.485 e. The number of nitrogens with zero attached hydrogens (tertiary/aromatic N) is 2. The van der Waals surface area contributed by atoms with Gasteiger partial charge in [-0.05, 0) is 37.1 Å². The molecule has 150 valence electrons. The van der Waals surface area contributed by atoms with Crippen molar-refractivity contribution in [1.29, 1.82) is 0 Å². The molecule has 0 aliphatic heterocycles. The number of ether oxygens (including phenoxy) is 2. The van der Waals surface area contributed by atoms with Crippen LogP contribution in [0.2, 0.25) is 5.02 Å². The fourth-order valence-electron chi connectivity index (χ4n) is 3.24. The minimum atomic E-state index is -0.445. The van der Waals surface area contributed by atoms with E-state index in [2.05, 4.69) is 23.0 Å². The van der Waals surface area contributed by atoms with Crippen molar-refractivity contribution in [2.24, 2.45) is 0 Å². The summed E-state index contributed by atoms with van der Waals surface area (Å²) in [6.07, 6.45) is 2.51. The molecular weight excluding hydrogens is 411 g/mol. The zero-order chi connectivity index (χ0) is 20.5. The molecule has 0 radical (unpaired) electrons. The first-order chi connectivity index (χ1) is 14.0. The smallest absolute Gasteiger partial charge is 0.167 e. The van der Waals surface area contributed by atoms with Crippen LogP contribution >= 0.6 is 22.9 Å². The Hall–Kier alpha value is -2.28. The number of aryl methyl sites for hydroxylation is 1. The van der Waals surface area contributed by atoms with Crippen molar-refractivity contribution in [1.82, 2.24) is 9.97 Å². The summed E-state index contributed by atoms with van der Waals surface area (Å²) in [5.74, 6) is -0.252. The maximum Gasteiger partial charge on any atom is 0.167 e. The van der Waals surface area contributed by atoms with Gasteiger partial charge in [-0.3, -0.25) is 4.98 Å². The molecule has 1 atom stereocenters. The molecule has 0 amide bonds. The fraction of sp³-hybridized carbons (Fsp3) is 0.273. The van der Waals surface area contributed by atoms with E-state index in [0.29, 0.717) is 17.1 Å². The SMILES string of the molecule is CCc1cnc2c(-c3nc4cc(F)c(OC(C)COC)cc4s3)cc(Cl)cc2c1. The molecule has 0 fully saturated rings. The number of aromatic nitrogens is 2. The van der Waals surface area contributed by atoms with E-state index in [1.165, 1.54) is 17.4 Å². The molecule has 0 spiro atoms. The quantitative estimate of drug-likeness (QED) is 0.361. The van der Waals surface area contributed by atoms with E-state index in [9.17, 15) is 4.39 Å². The van der Waals surface area contributed by atoms with E-state index in [-0.39, 0.29) is 11.9 Å². The van der Waals surface area contributed by atoms with Crippen LogP contribution in [0.15, 0.2) is 36.5 Å². The highest BCUT2D eigenvalue weighted by Crippen LogP contribution is 2.38. The van der Waals surface area contributed by atoms with Gasteiger partial charge in [-0.1, -0.05) is 18.5 Å². The van der Waals surface area contributed by atoms with Crippen LogP contribution in [-0.4, -0.2) is 29.8 Å². The van der Waals surface area contributed by atoms with Gasteiger partial charge >= 0.3 is 0 Å². The van der Waals surface area contributed by atoms with E-state index in [1.54, 1.807) is 13.2 Å². The Bertz CT molecular complexity index is 1190. The van der Waals surface area contributed by atoms with Crippen molar-refractivity contribution >= 4 is 44.1 Å². The van der Waals surface area contributed by atoms with Gasteiger partial charge in [0.25, 0.3) is 0 Å². The van der Waals surface area contributed by atoms with Crippen LogP contribution in [0.4, 0.5) is 4.39 Å². The zero-order valence-corrected chi connectivity index (χ0v) is 17.9. The lowest BCUT2D eigenvalue weighted by Gasteiger charge is -2.14. The molecule has 0 aliphatic carbocycles. The van der Waals surface area contributed by atoms with Gasteiger partial charge in [0.1, 0.15) is 11.1 Å². The second-order valence-corrected chi connectivity index (χ2v) is 8.34. The van der Waals surface area contributed by atoms with Gasteiger partial charge in [0.05, 0.1) is 22.3 Å². The van der Waals surface area contributed by atoms with Gasteiger partial charge in [0.15, 0.2) is 11.6 Å². The zero-order valence-electron chi connectivity index (χ0n) is 16.3. The summed E-state index contributed by atoms with van der Waals surface area (Å²) in [5.41, 5.74) is 3.39. The number of hydrogen-bond acceptors (Lipinski definition) is 5. The highest BCUT2D eigenvalue weighted by atomic mass is 35.5. The van der Waals surface area contributed by atoms with Gasteiger partial charge < -0.3 is 9.47 Å². The van der Waals surface area contributed by atoms with Crippen LogP contribution < -0.4 is 4.74 Å². The first-order valence-electron chi connectivity index (χ1n) is 9.32. The van der Waals surface area contributed by atoms with Gasteiger partial charge in [-0.25, -0.2) is 9.37 Å². The first-order valence-corrected chi connectivity index (χ1v) is 10.5. The summed E-state index contributed by atoms with van der Waals surface area (Å²) < 4.78 is 26.1. The Balaban J connectivity index is 1.80. The molecule has 0 aliphatic rings. The van der Waals surface area contributed by atoms with Gasteiger partial charge in [0.2, 0.25) is 0 Å². The molecule has 2 heterocycles. The van der Waals surface area contributed by atoms with E-state index >= 15 is 0 Å². The molecule has 7 heteroatoms. The number of benzene rings is 2. The van der Waals surface area contributed by atoms with Crippen LogP contribution in [0.1, 0.15) is 19.4 Å². The molecule has 2 aromatic carbocycles. The fourth-order valence-corrected chi connectivity index (χ4v) is 4.46. The Morgan fingerprint density at radius 2 is 2.03 bits per heavy atom.